The van der Waals surface area contributed by atoms with E-state index in [0.29, 0.717) is 16.9 Å². The van der Waals surface area contributed by atoms with Crippen molar-refractivity contribution in [3.63, 3.8) is 0 Å². The minimum absolute atomic E-state index is 0.0417. The average molecular weight is 469 g/mol. The number of carbonyl (C=O) groups excluding carboxylic acids is 2. The van der Waals surface area contributed by atoms with Gasteiger partial charge in [0.2, 0.25) is 0 Å². The average Bonchev–Trinajstić information content (AvgIpc) is 2.73. The van der Waals surface area contributed by atoms with Crippen LogP contribution in [0.1, 0.15) is 18.4 Å². The number of hydrogen-bond donors (Lipinski definition) is 2. The topological polar surface area (TPSA) is 95.9 Å². The van der Waals surface area contributed by atoms with E-state index < -0.39 is 23.8 Å². The van der Waals surface area contributed by atoms with Gasteiger partial charge in [-0.3, -0.25) is 9.69 Å². The molecule has 0 aromatic heterocycles. The number of hydrogen-bond acceptors (Lipinski definition) is 5. The summed E-state index contributed by atoms with van der Waals surface area (Å²) < 4.78 is 6.08. The summed E-state index contributed by atoms with van der Waals surface area (Å²) in [5, 5.41) is 12.7. The molecule has 2 aliphatic rings. The van der Waals surface area contributed by atoms with Crippen molar-refractivity contribution in [1.29, 1.82) is 0 Å². The Hall–Kier alpha value is -3.39. The summed E-state index contributed by atoms with van der Waals surface area (Å²) in [4.78, 5) is 39.5. The normalized spacial score (nSPS) is 17.5. The predicted octanol–water partition coefficient (Wildman–Crippen LogP) is 3.79. The van der Waals surface area contributed by atoms with Crippen LogP contribution in [-0.4, -0.2) is 29.6 Å². The summed E-state index contributed by atoms with van der Waals surface area (Å²) in [6.07, 6.45) is 1.48. The zero-order valence-electron chi connectivity index (χ0n) is 15.9. The van der Waals surface area contributed by atoms with Crippen molar-refractivity contribution in [2.24, 2.45) is 0 Å². The van der Waals surface area contributed by atoms with Gasteiger partial charge < -0.3 is 15.2 Å². The second-order valence-electron chi connectivity index (χ2n) is 6.68. The molecule has 0 saturated carbocycles. The molecular weight excluding hydrogens is 452 g/mol. The molecule has 1 amide bonds. The zero-order valence-corrected chi connectivity index (χ0v) is 17.5. The van der Waals surface area contributed by atoms with Gasteiger partial charge in [0.15, 0.2) is 0 Å². The van der Waals surface area contributed by atoms with Gasteiger partial charge in [-0.1, -0.05) is 40.2 Å². The van der Waals surface area contributed by atoms with E-state index in [1.165, 1.54) is 11.0 Å². The smallest absolute Gasteiger partial charge is 0.352 e. The Bertz CT molecular complexity index is 1120. The Morgan fingerprint density at radius 3 is 2.53 bits per heavy atom. The molecule has 2 N–H and O–H groups in total. The van der Waals surface area contributed by atoms with Crippen LogP contribution in [-0.2, 0) is 19.1 Å². The molecule has 0 spiro atoms. The van der Waals surface area contributed by atoms with Crippen LogP contribution in [0.4, 0.5) is 11.4 Å². The Balaban J connectivity index is 2.00. The van der Waals surface area contributed by atoms with Gasteiger partial charge in [0.05, 0.1) is 23.6 Å². The number of esters is 1. The first-order valence-corrected chi connectivity index (χ1v) is 10.0. The van der Waals surface area contributed by atoms with Gasteiger partial charge in [-0.05, 0) is 42.8 Å². The molecule has 0 fully saturated rings. The standard InChI is InChI=1S/C22H17BrN2O5/c1-2-30-22(29)18-14(12-7-9-13(23)10-8-12)11-17(21(27)28)25-16-6-4-3-5-15(16)24-20(26)19(18)25/h3-11,14H,2H2,1H3,(H,24,26)(H,27,28). The Morgan fingerprint density at radius 2 is 1.87 bits per heavy atom. The molecule has 0 radical (unpaired) electrons. The molecule has 1 unspecified atom stereocenters. The number of carboxylic acids is 1. The number of carboxylic acid groups (broad SMARTS) is 1. The maximum absolute atomic E-state index is 13.1. The Labute approximate surface area is 180 Å². The van der Waals surface area contributed by atoms with Gasteiger partial charge in [0, 0.05) is 10.4 Å². The van der Waals surface area contributed by atoms with Gasteiger partial charge in [-0.15, -0.1) is 0 Å². The zero-order chi connectivity index (χ0) is 21.4. The fourth-order valence-corrected chi connectivity index (χ4v) is 3.93. The van der Waals surface area contributed by atoms with E-state index in [4.69, 9.17) is 4.74 Å². The van der Waals surface area contributed by atoms with E-state index in [2.05, 4.69) is 21.2 Å². The minimum Gasteiger partial charge on any atom is -0.477 e. The number of amides is 1. The monoisotopic (exact) mass is 468 g/mol. The fraction of sp³-hybridized carbons (Fsp3) is 0.136. The summed E-state index contributed by atoms with van der Waals surface area (Å²) >= 11 is 3.37. The predicted molar refractivity (Wildman–Crippen MR) is 114 cm³/mol. The number of para-hydroxylation sites is 2. The van der Waals surface area contributed by atoms with Gasteiger partial charge in [0.25, 0.3) is 5.91 Å². The molecule has 1 atom stereocenters. The molecular formula is C22H17BrN2O5. The van der Waals surface area contributed by atoms with Crippen LogP contribution in [0.5, 0.6) is 0 Å². The number of ether oxygens (including phenoxy) is 1. The third-order valence-corrected chi connectivity index (χ3v) is 5.44. The van der Waals surface area contributed by atoms with Crippen LogP contribution in [0.2, 0.25) is 0 Å². The number of carbonyl (C=O) groups is 3. The second-order valence-corrected chi connectivity index (χ2v) is 7.59. The molecule has 30 heavy (non-hydrogen) atoms. The maximum atomic E-state index is 13.1. The lowest BCUT2D eigenvalue weighted by molar-refractivity contribution is -0.139. The lowest BCUT2D eigenvalue weighted by Crippen LogP contribution is -2.43. The van der Waals surface area contributed by atoms with Gasteiger partial charge in [-0.25, -0.2) is 9.59 Å². The highest BCUT2D eigenvalue weighted by Gasteiger charge is 2.43. The number of anilines is 2. The Morgan fingerprint density at radius 1 is 1.17 bits per heavy atom. The molecule has 0 aliphatic carbocycles. The van der Waals surface area contributed by atoms with Crippen molar-refractivity contribution in [3.05, 3.63) is 81.6 Å². The fourth-order valence-electron chi connectivity index (χ4n) is 3.67. The van der Waals surface area contributed by atoms with Crippen LogP contribution < -0.4 is 10.2 Å². The second kappa shape index (κ2) is 7.79. The van der Waals surface area contributed by atoms with Crippen LogP contribution in [0, 0.1) is 0 Å². The van der Waals surface area contributed by atoms with Crippen LogP contribution in [0.15, 0.2) is 76.0 Å². The maximum Gasteiger partial charge on any atom is 0.352 e. The van der Waals surface area contributed by atoms with Crippen LogP contribution in [0.25, 0.3) is 0 Å². The lowest BCUT2D eigenvalue weighted by Gasteiger charge is -2.38. The van der Waals surface area contributed by atoms with Crippen LogP contribution >= 0.6 is 15.9 Å². The molecule has 2 aliphatic heterocycles. The van der Waals surface area contributed by atoms with Crippen molar-refractivity contribution < 1.29 is 24.2 Å². The summed E-state index contributed by atoms with van der Waals surface area (Å²) in [6.45, 7) is 1.80. The SMILES string of the molecule is CCOC(=O)C1=C2C(=O)Nc3ccccc3N2C(C(=O)O)=CC1c1ccc(Br)cc1. The van der Waals surface area contributed by atoms with E-state index in [1.54, 1.807) is 55.5 Å². The van der Waals surface area contributed by atoms with Gasteiger partial charge in [-0.2, -0.15) is 0 Å². The first-order chi connectivity index (χ1) is 14.4. The quantitative estimate of drug-likeness (QED) is 0.662. The van der Waals surface area contributed by atoms with E-state index in [0.717, 1.165) is 4.47 Å². The van der Waals surface area contributed by atoms with E-state index in [-0.39, 0.29) is 23.6 Å². The van der Waals surface area contributed by atoms with Crippen molar-refractivity contribution in [1.82, 2.24) is 0 Å². The third kappa shape index (κ3) is 3.29. The highest BCUT2D eigenvalue weighted by molar-refractivity contribution is 9.10. The molecule has 2 heterocycles. The summed E-state index contributed by atoms with van der Waals surface area (Å²) in [7, 11) is 0. The highest BCUT2D eigenvalue weighted by Crippen LogP contribution is 2.44. The molecule has 7 nitrogen and oxygen atoms in total. The number of rotatable bonds is 4. The first kappa shape index (κ1) is 19.9. The molecule has 4 rings (SSSR count). The van der Waals surface area contributed by atoms with Crippen molar-refractivity contribution in [3.8, 4) is 0 Å². The van der Waals surface area contributed by atoms with E-state index >= 15 is 0 Å². The van der Waals surface area contributed by atoms with Gasteiger partial charge in [0.1, 0.15) is 11.4 Å². The molecule has 0 bridgehead atoms. The molecule has 2 aromatic carbocycles. The number of halogens is 1. The summed E-state index contributed by atoms with van der Waals surface area (Å²) in [5.74, 6) is -3.20. The number of aliphatic carboxylic acids is 1. The highest BCUT2D eigenvalue weighted by atomic mass is 79.9. The van der Waals surface area contributed by atoms with Crippen LogP contribution in [0.3, 0.4) is 0 Å². The first-order valence-electron chi connectivity index (χ1n) is 9.24. The van der Waals surface area contributed by atoms with Crippen molar-refractivity contribution >= 4 is 45.2 Å². The summed E-state index contributed by atoms with van der Waals surface area (Å²) in [6, 6.07) is 14.0. The summed E-state index contributed by atoms with van der Waals surface area (Å²) in [5.41, 5.74) is 1.55. The molecule has 0 saturated heterocycles. The van der Waals surface area contributed by atoms with Crippen molar-refractivity contribution in [2.45, 2.75) is 12.8 Å². The molecule has 152 valence electrons. The number of nitrogens with zero attached hydrogens (tertiary/aromatic N) is 1. The van der Waals surface area contributed by atoms with Crippen molar-refractivity contribution in [2.75, 3.05) is 16.8 Å². The number of fused-ring (bicyclic) bond motifs is 3. The Kier molecular flexibility index (Phi) is 5.17. The molecule has 2 aromatic rings. The largest absolute Gasteiger partial charge is 0.477 e. The third-order valence-electron chi connectivity index (χ3n) is 4.91. The number of nitrogens with one attached hydrogen (secondary N) is 1. The van der Waals surface area contributed by atoms with E-state index in [9.17, 15) is 19.5 Å². The lowest BCUT2D eigenvalue weighted by atomic mass is 9.84. The minimum atomic E-state index is -1.21. The molecule has 8 heteroatoms. The van der Waals surface area contributed by atoms with Gasteiger partial charge >= 0.3 is 11.9 Å². The van der Waals surface area contributed by atoms with E-state index in [1.807, 2.05) is 0 Å². The number of allylic oxidation sites excluding steroid dienone is 1. The number of benzene rings is 2.